The van der Waals surface area contributed by atoms with E-state index in [0.717, 1.165) is 32.0 Å². The summed E-state index contributed by atoms with van der Waals surface area (Å²) in [6, 6.07) is 8.22. The van der Waals surface area contributed by atoms with Gasteiger partial charge in [-0.05, 0) is 36.8 Å². The number of nitrogens with zero attached hydrogens (tertiary/aromatic N) is 4. The van der Waals surface area contributed by atoms with E-state index in [0.29, 0.717) is 23.2 Å². The van der Waals surface area contributed by atoms with Gasteiger partial charge in [-0.25, -0.2) is 14.2 Å². The number of piperazine rings is 1. The molecule has 2 N–H and O–H groups in total. The van der Waals surface area contributed by atoms with Crippen molar-refractivity contribution in [2.24, 2.45) is 5.73 Å². The number of amides is 2. The number of primary amides is 1. The van der Waals surface area contributed by atoms with Crippen molar-refractivity contribution >= 4 is 29.5 Å². The average molecular weight is 486 g/mol. The minimum Gasteiger partial charge on any atom is -0.468 e. The van der Waals surface area contributed by atoms with Gasteiger partial charge in [-0.15, -0.1) is 0 Å². The zero-order chi connectivity index (χ0) is 24.9. The third kappa shape index (κ3) is 5.86. The van der Waals surface area contributed by atoms with Crippen LogP contribution in [0.5, 0.6) is 0 Å². The Morgan fingerprint density at radius 1 is 1.20 bits per heavy atom. The van der Waals surface area contributed by atoms with Crippen LogP contribution in [0.1, 0.15) is 12.8 Å². The first-order valence-corrected chi connectivity index (χ1v) is 11.4. The lowest BCUT2D eigenvalue weighted by Gasteiger charge is -2.34. The molecular weight excluding hydrogens is 457 g/mol. The fourth-order valence-corrected chi connectivity index (χ4v) is 4.21. The topological polar surface area (TPSA) is 118 Å². The Labute approximate surface area is 202 Å². The number of ether oxygens (including phenoxy) is 2. The minimum atomic E-state index is -0.579. The van der Waals surface area contributed by atoms with Crippen LogP contribution in [0.4, 0.5) is 20.7 Å². The summed E-state index contributed by atoms with van der Waals surface area (Å²) in [5.41, 5.74) is 6.52. The predicted molar refractivity (Wildman–Crippen MR) is 126 cm³/mol. The van der Waals surface area contributed by atoms with Crippen LogP contribution in [0, 0.1) is 5.82 Å². The van der Waals surface area contributed by atoms with Crippen molar-refractivity contribution < 1.29 is 28.2 Å². The molecule has 2 aliphatic rings. The van der Waals surface area contributed by atoms with E-state index in [9.17, 15) is 18.8 Å². The molecule has 1 atom stereocenters. The van der Waals surface area contributed by atoms with Gasteiger partial charge < -0.3 is 20.1 Å². The summed E-state index contributed by atoms with van der Waals surface area (Å²) in [6.45, 7) is 3.38. The van der Waals surface area contributed by atoms with E-state index in [-0.39, 0.29) is 25.5 Å². The summed E-state index contributed by atoms with van der Waals surface area (Å²) in [6.07, 6.45) is 1.03. The molecule has 3 heterocycles. The fraction of sp³-hybridized carbons (Fsp3) is 0.417. The van der Waals surface area contributed by atoms with Gasteiger partial charge in [0.05, 0.1) is 25.9 Å². The number of hydrogen-bond donors (Lipinski definition) is 1. The quantitative estimate of drug-likeness (QED) is 0.562. The number of benzene rings is 1. The molecule has 11 heteroatoms. The van der Waals surface area contributed by atoms with Crippen molar-refractivity contribution in [1.29, 1.82) is 0 Å². The summed E-state index contributed by atoms with van der Waals surface area (Å²) in [5.74, 6) is -0.416. The van der Waals surface area contributed by atoms with Crippen LogP contribution in [0.25, 0.3) is 11.1 Å². The zero-order valence-corrected chi connectivity index (χ0v) is 19.5. The number of hydrogen-bond acceptors (Lipinski definition) is 8. The van der Waals surface area contributed by atoms with Gasteiger partial charge in [0.2, 0.25) is 5.91 Å². The molecule has 186 valence electrons. The van der Waals surface area contributed by atoms with Gasteiger partial charge in [0.25, 0.3) is 0 Å². The number of esters is 1. The Balaban J connectivity index is 1.38. The van der Waals surface area contributed by atoms with Crippen molar-refractivity contribution in [2.45, 2.75) is 18.9 Å². The molecule has 2 fully saturated rings. The molecule has 0 saturated carbocycles. The summed E-state index contributed by atoms with van der Waals surface area (Å²) >= 11 is 0. The lowest BCUT2D eigenvalue weighted by Crippen LogP contribution is -2.48. The molecule has 10 nitrogen and oxygen atoms in total. The third-order valence-electron chi connectivity index (χ3n) is 6.19. The number of nitrogens with two attached hydrogens (primary N) is 1. The van der Waals surface area contributed by atoms with E-state index in [1.54, 1.807) is 18.3 Å². The first-order valence-electron chi connectivity index (χ1n) is 11.4. The van der Waals surface area contributed by atoms with Gasteiger partial charge in [0.1, 0.15) is 17.7 Å². The Bertz CT molecular complexity index is 1090. The van der Waals surface area contributed by atoms with Gasteiger partial charge in [-0.2, -0.15) is 0 Å². The number of carbonyl (C=O) groups excluding carboxylic acids is 3. The van der Waals surface area contributed by atoms with Gasteiger partial charge >= 0.3 is 12.1 Å². The number of halogens is 1. The fourth-order valence-electron chi connectivity index (χ4n) is 4.21. The number of aromatic nitrogens is 1. The predicted octanol–water partition coefficient (Wildman–Crippen LogP) is 1.77. The van der Waals surface area contributed by atoms with Crippen LogP contribution in [-0.4, -0.2) is 80.3 Å². The van der Waals surface area contributed by atoms with Gasteiger partial charge in [-0.3, -0.25) is 19.4 Å². The Hall–Kier alpha value is -3.73. The molecule has 2 aromatic rings. The second-order valence-corrected chi connectivity index (χ2v) is 8.53. The van der Waals surface area contributed by atoms with Crippen molar-refractivity contribution in [3.63, 3.8) is 0 Å². The van der Waals surface area contributed by atoms with Crippen molar-refractivity contribution in [2.75, 3.05) is 56.2 Å². The third-order valence-corrected chi connectivity index (χ3v) is 6.19. The Kier molecular flexibility index (Phi) is 7.45. The Morgan fingerprint density at radius 3 is 2.60 bits per heavy atom. The molecule has 0 spiro atoms. The molecule has 2 amide bonds. The number of rotatable bonds is 8. The van der Waals surface area contributed by atoms with E-state index >= 15 is 0 Å². The molecule has 0 bridgehead atoms. The van der Waals surface area contributed by atoms with Crippen LogP contribution in [0.2, 0.25) is 0 Å². The lowest BCUT2D eigenvalue weighted by atomic mass is 10.1. The highest BCUT2D eigenvalue weighted by Crippen LogP contribution is 2.30. The van der Waals surface area contributed by atoms with Crippen LogP contribution in [-0.2, 0) is 19.1 Å². The Morgan fingerprint density at radius 2 is 1.97 bits per heavy atom. The molecular formula is C24H28FN5O5. The number of cyclic esters (lactones) is 1. The average Bonchev–Trinajstić information content (AvgIpc) is 3.23. The van der Waals surface area contributed by atoms with Crippen LogP contribution in [0.15, 0.2) is 36.5 Å². The first-order chi connectivity index (χ1) is 16.8. The first kappa shape index (κ1) is 24.4. The molecule has 1 aromatic carbocycles. The highest BCUT2D eigenvalue weighted by atomic mass is 19.1. The molecule has 4 rings (SSSR count). The summed E-state index contributed by atoms with van der Waals surface area (Å²) < 4.78 is 24.9. The highest BCUT2D eigenvalue weighted by molar-refractivity contribution is 5.90. The largest absolute Gasteiger partial charge is 0.468 e. The van der Waals surface area contributed by atoms with Crippen molar-refractivity contribution in [3.05, 3.63) is 42.3 Å². The summed E-state index contributed by atoms with van der Waals surface area (Å²) in [5, 5.41) is 0. The maximum absolute atomic E-state index is 15.0. The number of methoxy groups -OCH3 is 1. The second kappa shape index (κ2) is 10.7. The summed E-state index contributed by atoms with van der Waals surface area (Å²) in [7, 11) is 1.38. The molecule has 1 aromatic heterocycles. The minimum absolute atomic E-state index is 0.116. The molecule has 0 radical (unpaired) electrons. The smallest absolute Gasteiger partial charge is 0.414 e. The van der Waals surface area contributed by atoms with E-state index in [1.165, 1.54) is 18.1 Å². The van der Waals surface area contributed by atoms with Crippen molar-refractivity contribution in [3.8, 4) is 11.1 Å². The van der Waals surface area contributed by atoms with E-state index in [2.05, 4.69) is 9.88 Å². The molecule has 1 unspecified atom stereocenters. The molecule has 35 heavy (non-hydrogen) atoms. The van der Waals surface area contributed by atoms with E-state index in [4.69, 9.17) is 15.2 Å². The number of anilines is 2. The SMILES string of the molecule is COC(=O)CN1CCN(c2ccc(-c3ccc(N4CC(CCC(N)=O)OC4=O)cc3F)cn2)CC1. The van der Waals surface area contributed by atoms with Crippen LogP contribution in [0.3, 0.4) is 0 Å². The molecule has 2 aliphatic heterocycles. The maximum atomic E-state index is 15.0. The second-order valence-electron chi connectivity index (χ2n) is 8.53. The van der Waals surface area contributed by atoms with Gasteiger partial charge in [-0.1, -0.05) is 0 Å². The lowest BCUT2D eigenvalue weighted by molar-refractivity contribution is -0.142. The number of pyridine rings is 1. The van der Waals surface area contributed by atoms with Crippen molar-refractivity contribution in [1.82, 2.24) is 9.88 Å². The van der Waals surface area contributed by atoms with Crippen LogP contribution < -0.4 is 15.5 Å². The normalized spacial score (nSPS) is 18.5. The molecule has 0 aliphatic carbocycles. The standard InChI is InChI=1S/C24H28FN5O5/c1-34-23(32)15-28-8-10-29(11-9-28)22-7-2-16(13-27-22)19-5-3-17(12-20(19)25)30-14-18(35-24(30)33)4-6-21(26)31/h2-3,5,7,12-13,18H,4,6,8-11,14-15H2,1H3,(H2,26,31). The zero-order valence-electron chi connectivity index (χ0n) is 19.5. The van der Waals surface area contributed by atoms with E-state index in [1.807, 2.05) is 17.0 Å². The van der Waals surface area contributed by atoms with Gasteiger partial charge in [0, 0.05) is 49.9 Å². The molecule has 2 saturated heterocycles. The highest BCUT2D eigenvalue weighted by Gasteiger charge is 2.32. The van der Waals surface area contributed by atoms with E-state index < -0.39 is 23.9 Å². The number of carbonyl (C=O) groups is 3. The van der Waals surface area contributed by atoms with Crippen LogP contribution >= 0.6 is 0 Å². The monoisotopic (exact) mass is 485 g/mol. The maximum Gasteiger partial charge on any atom is 0.414 e. The summed E-state index contributed by atoms with van der Waals surface area (Å²) in [4.78, 5) is 44.6. The van der Waals surface area contributed by atoms with Gasteiger partial charge in [0.15, 0.2) is 0 Å².